The predicted molar refractivity (Wildman–Crippen MR) is 162 cm³/mol. The lowest BCUT2D eigenvalue weighted by molar-refractivity contribution is -0.117. The van der Waals surface area contributed by atoms with Crippen molar-refractivity contribution < 1.29 is 37.3 Å². The van der Waals surface area contributed by atoms with Crippen molar-refractivity contribution in [1.29, 1.82) is 0 Å². The first-order valence-corrected chi connectivity index (χ1v) is 15.1. The van der Waals surface area contributed by atoms with Gasteiger partial charge in [0, 0.05) is 41.1 Å². The van der Waals surface area contributed by atoms with Gasteiger partial charge in [-0.2, -0.15) is 5.10 Å². The maximum Gasteiger partial charge on any atom is 0.251 e. The number of nitrogens with two attached hydrogens (primary N) is 1. The lowest BCUT2D eigenvalue weighted by Gasteiger charge is -2.30. The Balaban J connectivity index is 1.38. The molecule has 2 fully saturated rings. The average Bonchev–Trinajstić information content (AvgIpc) is 3.95. The van der Waals surface area contributed by atoms with Crippen molar-refractivity contribution in [2.24, 2.45) is 11.7 Å². The van der Waals surface area contributed by atoms with Gasteiger partial charge in [0.05, 0.1) is 37.4 Å². The first-order valence-electron chi connectivity index (χ1n) is 14.7. The highest BCUT2D eigenvalue weighted by molar-refractivity contribution is 6.33. The fraction of sp³-hybridized carbons (Fsp3) is 0.375. The second-order valence-electron chi connectivity index (χ2n) is 11.7. The van der Waals surface area contributed by atoms with Gasteiger partial charge >= 0.3 is 0 Å². The monoisotopic (exact) mass is 657 g/mol. The van der Waals surface area contributed by atoms with E-state index in [0.29, 0.717) is 36.6 Å². The smallest absolute Gasteiger partial charge is 0.251 e. The number of carbonyl (C=O) groups excluding carboxylic acids is 2. The molecule has 2 aliphatic carbocycles. The summed E-state index contributed by atoms with van der Waals surface area (Å²) >= 11 is 6.32. The van der Waals surface area contributed by atoms with Crippen LogP contribution in [0.3, 0.4) is 0 Å². The second-order valence-corrected chi connectivity index (χ2v) is 12.1. The minimum atomic E-state index is -1.75. The van der Waals surface area contributed by atoms with Gasteiger partial charge in [0.15, 0.2) is 11.6 Å². The van der Waals surface area contributed by atoms with Crippen LogP contribution in [-0.2, 0) is 22.6 Å². The molecule has 0 bridgehead atoms. The van der Waals surface area contributed by atoms with Gasteiger partial charge in [-0.25, -0.2) is 22.8 Å². The molecule has 2 aromatic carbocycles. The topological polar surface area (TPSA) is 142 Å². The molecule has 2 aromatic heterocycles. The summed E-state index contributed by atoms with van der Waals surface area (Å²) in [6, 6.07) is 6.15. The number of hydrogen-bond donors (Lipinski definition) is 3. The van der Waals surface area contributed by atoms with Crippen LogP contribution in [0.15, 0.2) is 36.5 Å². The Hall–Kier alpha value is -4.36. The number of alkyl halides is 1. The van der Waals surface area contributed by atoms with Crippen molar-refractivity contribution in [2.45, 2.75) is 50.4 Å². The maximum absolute atomic E-state index is 14.7. The summed E-state index contributed by atoms with van der Waals surface area (Å²) in [6.07, 6.45) is 3.12. The highest BCUT2D eigenvalue weighted by atomic mass is 35.5. The minimum absolute atomic E-state index is 0.0269. The molecule has 0 spiro atoms. The zero-order valence-corrected chi connectivity index (χ0v) is 25.8. The van der Waals surface area contributed by atoms with Gasteiger partial charge in [-0.1, -0.05) is 11.6 Å². The molecule has 2 amide bonds. The van der Waals surface area contributed by atoms with E-state index >= 15 is 0 Å². The Morgan fingerprint density at radius 3 is 2.54 bits per heavy atom. The number of rotatable bonds is 12. The van der Waals surface area contributed by atoms with Crippen molar-refractivity contribution >= 4 is 34.3 Å². The Bertz CT molecular complexity index is 1880. The molecule has 2 saturated carbocycles. The number of aromatic nitrogens is 3. The Morgan fingerprint density at radius 2 is 1.91 bits per heavy atom. The average molecular weight is 658 g/mol. The second kappa shape index (κ2) is 11.8. The summed E-state index contributed by atoms with van der Waals surface area (Å²) in [7, 11) is 1.42. The van der Waals surface area contributed by atoms with Gasteiger partial charge in [0.2, 0.25) is 11.7 Å². The number of fused-ring (bicyclic) bond motifs is 1. The van der Waals surface area contributed by atoms with Crippen LogP contribution < -0.4 is 20.5 Å². The summed E-state index contributed by atoms with van der Waals surface area (Å²) < 4.78 is 55.6. The van der Waals surface area contributed by atoms with Gasteiger partial charge in [-0.15, -0.1) is 0 Å². The molecule has 6 rings (SSSR count). The van der Waals surface area contributed by atoms with E-state index in [9.17, 15) is 27.9 Å². The number of methoxy groups -OCH3 is 1. The first-order chi connectivity index (χ1) is 21.9. The summed E-state index contributed by atoms with van der Waals surface area (Å²) in [6.45, 7) is 1.52. The Morgan fingerprint density at radius 1 is 1.20 bits per heavy atom. The molecule has 2 heterocycles. The van der Waals surface area contributed by atoms with Gasteiger partial charge < -0.3 is 25.6 Å². The van der Waals surface area contributed by atoms with Crippen LogP contribution in [0.2, 0.25) is 5.02 Å². The molecular weight excluding hydrogens is 627 g/mol. The van der Waals surface area contributed by atoms with Crippen molar-refractivity contribution in [3.05, 3.63) is 70.0 Å². The van der Waals surface area contributed by atoms with Crippen LogP contribution >= 0.6 is 11.6 Å². The fourth-order valence-electron chi connectivity index (χ4n) is 5.57. The molecule has 46 heavy (non-hydrogen) atoms. The van der Waals surface area contributed by atoms with Crippen LogP contribution in [0, 0.1) is 17.6 Å². The molecule has 0 aliphatic heterocycles. The van der Waals surface area contributed by atoms with Crippen LogP contribution in [0.5, 0.6) is 11.5 Å². The number of hydrogen-bond acceptors (Lipinski definition) is 7. The summed E-state index contributed by atoms with van der Waals surface area (Å²) in [5.74, 6) is -5.15. The standard InChI is InChI=1S/C32H31ClF3N5O5/c1-3-46-29-16(11-26(37)42)10-25(39-28(29)20-12-22(34)23(35)13-21(20)33)32(44,19-4-5-19)15-38-30(43)17-8-18-14-41(31(36)6-7-31)40-27(18)24(9-17)45-2/h8-10,12-14,19,44H,3-7,11,15H2,1-2H3,(H2,37,42)(H,38,43)/t32-/m1/s1. The van der Waals surface area contributed by atoms with E-state index in [-0.39, 0.29) is 70.1 Å². The number of carbonyl (C=O) groups is 2. The molecule has 4 N–H and O–H groups in total. The largest absolute Gasteiger partial charge is 0.494 e. The van der Waals surface area contributed by atoms with Crippen molar-refractivity contribution in [2.75, 3.05) is 20.3 Å². The lowest BCUT2D eigenvalue weighted by atomic mass is 9.90. The van der Waals surface area contributed by atoms with E-state index in [4.69, 9.17) is 26.8 Å². The van der Waals surface area contributed by atoms with Gasteiger partial charge in [-0.05, 0) is 56.0 Å². The molecular formula is C32H31ClF3N5O5. The zero-order valence-electron chi connectivity index (χ0n) is 25.0. The Labute approximate surface area is 266 Å². The number of nitrogens with one attached hydrogen (secondary N) is 1. The highest BCUT2D eigenvalue weighted by Crippen LogP contribution is 2.48. The van der Waals surface area contributed by atoms with Gasteiger partial charge in [-0.3, -0.25) is 9.59 Å². The molecule has 10 nitrogen and oxygen atoms in total. The van der Waals surface area contributed by atoms with Crippen molar-refractivity contribution in [3.8, 4) is 22.8 Å². The molecule has 4 aromatic rings. The summed E-state index contributed by atoms with van der Waals surface area (Å²) in [4.78, 5) is 30.2. The normalized spacial score (nSPS) is 16.6. The Kier molecular flexibility index (Phi) is 8.09. The minimum Gasteiger partial charge on any atom is -0.494 e. The quantitative estimate of drug-likeness (QED) is 0.184. The third-order valence-corrected chi connectivity index (χ3v) is 8.62. The summed E-state index contributed by atoms with van der Waals surface area (Å²) in [5.41, 5.74) is 4.61. The third-order valence-electron chi connectivity index (χ3n) is 8.31. The lowest BCUT2D eigenvalue weighted by Crippen LogP contribution is -2.43. The molecule has 14 heteroatoms. The predicted octanol–water partition coefficient (Wildman–Crippen LogP) is 4.91. The van der Waals surface area contributed by atoms with E-state index in [1.54, 1.807) is 13.0 Å². The van der Waals surface area contributed by atoms with E-state index < -0.39 is 34.8 Å². The van der Waals surface area contributed by atoms with Crippen molar-refractivity contribution in [1.82, 2.24) is 20.1 Å². The maximum atomic E-state index is 14.7. The first kappa shape index (κ1) is 31.6. The third kappa shape index (κ3) is 5.84. The molecule has 1 atom stereocenters. The van der Waals surface area contributed by atoms with Crippen LogP contribution in [0.4, 0.5) is 13.2 Å². The van der Waals surface area contributed by atoms with Crippen LogP contribution in [0.25, 0.3) is 22.2 Å². The molecule has 0 radical (unpaired) electrons. The number of pyridine rings is 1. The number of amides is 2. The number of benzene rings is 2. The fourth-order valence-corrected chi connectivity index (χ4v) is 5.81. The number of primary amides is 1. The van der Waals surface area contributed by atoms with E-state index in [2.05, 4.69) is 15.4 Å². The van der Waals surface area contributed by atoms with Crippen molar-refractivity contribution in [3.63, 3.8) is 0 Å². The van der Waals surface area contributed by atoms with E-state index in [1.807, 2.05) is 0 Å². The number of ether oxygens (including phenoxy) is 2. The number of aliphatic hydroxyl groups is 1. The number of nitrogens with zero attached hydrogens (tertiary/aromatic N) is 3. The van der Waals surface area contributed by atoms with Gasteiger partial charge in [0.25, 0.3) is 5.91 Å². The van der Waals surface area contributed by atoms with Crippen LogP contribution in [-0.4, -0.2) is 51.9 Å². The molecule has 242 valence electrons. The molecule has 0 saturated heterocycles. The summed E-state index contributed by atoms with van der Waals surface area (Å²) in [5, 5.41) is 19.5. The van der Waals surface area contributed by atoms with Crippen LogP contribution in [0.1, 0.15) is 54.2 Å². The van der Waals surface area contributed by atoms with E-state index in [0.717, 1.165) is 12.1 Å². The number of halogens is 4. The molecule has 0 unspecified atom stereocenters. The molecule has 2 aliphatic rings. The van der Waals surface area contributed by atoms with Gasteiger partial charge in [0.1, 0.15) is 28.3 Å². The van der Waals surface area contributed by atoms with E-state index in [1.165, 1.54) is 30.1 Å². The SMILES string of the molecule is CCOc1c(CC(N)=O)cc([C@@](O)(CNC(=O)c2cc(OC)c3nn(C4(F)CC4)cc3c2)C2CC2)nc1-c1cc(F)c(F)cc1Cl. The highest BCUT2D eigenvalue weighted by Gasteiger charge is 2.48. The zero-order chi connectivity index (χ0) is 33.0.